The van der Waals surface area contributed by atoms with Crippen LogP contribution in [0.1, 0.15) is 14.9 Å². The SMILES string of the molecule is C.C.C1CNCNCCNCN1. The molecule has 0 atom stereocenters. The second kappa shape index (κ2) is 10.8. The minimum absolute atomic E-state index is 0. The van der Waals surface area contributed by atoms with Crippen molar-refractivity contribution in [3.63, 3.8) is 0 Å². The standard InChI is InChI=1S/C6H16N4.2CH4/c1-2-8-6-10-4-3-9-5-7-1;;/h7-10H,1-6H2;2*1H4. The van der Waals surface area contributed by atoms with Crippen molar-refractivity contribution in [2.45, 2.75) is 14.9 Å². The van der Waals surface area contributed by atoms with Crippen LogP contribution < -0.4 is 21.3 Å². The Bertz CT molecular complexity index is 44.2. The Kier molecular flexibility index (Phi) is 13.0. The summed E-state index contributed by atoms with van der Waals surface area (Å²) in [5.41, 5.74) is 0. The molecule has 0 amide bonds. The van der Waals surface area contributed by atoms with Gasteiger partial charge in [0.2, 0.25) is 0 Å². The topological polar surface area (TPSA) is 48.1 Å². The lowest BCUT2D eigenvalue weighted by molar-refractivity contribution is 0.495. The number of hydrogen-bond acceptors (Lipinski definition) is 4. The summed E-state index contributed by atoms with van der Waals surface area (Å²) in [4.78, 5) is 0. The fraction of sp³-hybridized carbons (Fsp3) is 1.00. The molecule has 0 aromatic rings. The second-order valence-corrected chi connectivity index (χ2v) is 2.35. The first-order valence-electron chi connectivity index (χ1n) is 3.83. The minimum atomic E-state index is 0. The highest BCUT2D eigenvalue weighted by Gasteiger charge is 1.91. The number of rotatable bonds is 0. The average molecular weight is 176 g/mol. The van der Waals surface area contributed by atoms with Crippen molar-refractivity contribution < 1.29 is 0 Å². The highest BCUT2D eigenvalue weighted by molar-refractivity contribution is 4.55. The maximum Gasteiger partial charge on any atom is 0.0455 e. The molecule has 4 nitrogen and oxygen atoms in total. The maximum absolute atomic E-state index is 3.25. The van der Waals surface area contributed by atoms with Gasteiger partial charge in [-0.2, -0.15) is 0 Å². The normalized spacial score (nSPS) is 20.0. The molecule has 0 aromatic carbocycles. The van der Waals surface area contributed by atoms with Gasteiger partial charge in [0.15, 0.2) is 0 Å². The van der Waals surface area contributed by atoms with Crippen molar-refractivity contribution in [3.8, 4) is 0 Å². The summed E-state index contributed by atoms with van der Waals surface area (Å²) in [7, 11) is 0. The molecule has 0 aliphatic carbocycles. The Morgan fingerprint density at radius 1 is 0.500 bits per heavy atom. The lowest BCUT2D eigenvalue weighted by atomic mass is 10.5. The molecule has 0 radical (unpaired) electrons. The van der Waals surface area contributed by atoms with Crippen LogP contribution in [0.5, 0.6) is 0 Å². The molecule has 12 heavy (non-hydrogen) atoms. The van der Waals surface area contributed by atoms with Crippen LogP contribution >= 0.6 is 0 Å². The fourth-order valence-electron chi connectivity index (χ4n) is 0.884. The predicted molar refractivity (Wildman–Crippen MR) is 55.2 cm³/mol. The molecule has 1 aliphatic heterocycles. The second-order valence-electron chi connectivity index (χ2n) is 2.35. The van der Waals surface area contributed by atoms with E-state index in [1.807, 2.05) is 0 Å². The molecule has 1 fully saturated rings. The first kappa shape index (κ1) is 14.4. The Hall–Kier alpha value is -0.160. The molecule has 1 aliphatic rings. The summed E-state index contributed by atoms with van der Waals surface area (Å²) in [6.07, 6.45) is 0. The average Bonchev–Trinajstić information content (AvgIpc) is 2.01. The zero-order valence-electron chi connectivity index (χ0n) is 6.24. The lowest BCUT2D eigenvalue weighted by Gasteiger charge is -2.12. The summed E-state index contributed by atoms with van der Waals surface area (Å²) in [5.74, 6) is 0. The number of hydrogen-bond donors (Lipinski definition) is 4. The van der Waals surface area contributed by atoms with Crippen LogP contribution in [-0.2, 0) is 0 Å². The summed E-state index contributed by atoms with van der Waals surface area (Å²) in [5, 5.41) is 13.0. The van der Waals surface area contributed by atoms with Gasteiger partial charge in [-0.05, 0) is 0 Å². The van der Waals surface area contributed by atoms with Crippen molar-refractivity contribution in [2.24, 2.45) is 0 Å². The first-order chi connectivity index (χ1) is 5.00. The van der Waals surface area contributed by atoms with Gasteiger partial charge >= 0.3 is 0 Å². The van der Waals surface area contributed by atoms with Gasteiger partial charge in [-0.3, -0.25) is 0 Å². The van der Waals surface area contributed by atoms with Crippen molar-refractivity contribution in [2.75, 3.05) is 39.5 Å². The maximum atomic E-state index is 3.25. The molecule has 0 aromatic heterocycles. The van der Waals surface area contributed by atoms with Crippen molar-refractivity contribution in [1.29, 1.82) is 0 Å². The van der Waals surface area contributed by atoms with E-state index in [0.29, 0.717) is 0 Å². The molecule has 4 N–H and O–H groups in total. The van der Waals surface area contributed by atoms with Gasteiger partial charge in [0, 0.05) is 39.5 Å². The molecule has 1 saturated heterocycles. The van der Waals surface area contributed by atoms with E-state index in [-0.39, 0.29) is 14.9 Å². The Labute approximate surface area is 76.5 Å². The molecular formula is C8H24N4. The molecule has 0 saturated carbocycles. The van der Waals surface area contributed by atoms with Gasteiger partial charge in [-0.1, -0.05) is 14.9 Å². The molecular weight excluding hydrogens is 152 g/mol. The lowest BCUT2D eigenvalue weighted by Crippen LogP contribution is -2.43. The van der Waals surface area contributed by atoms with Crippen LogP contribution in [0.4, 0.5) is 0 Å². The molecule has 4 heteroatoms. The smallest absolute Gasteiger partial charge is 0.0455 e. The zero-order valence-corrected chi connectivity index (χ0v) is 6.24. The minimum Gasteiger partial charge on any atom is -0.303 e. The van der Waals surface area contributed by atoms with Gasteiger partial charge in [0.05, 0.1) is 0 Å². The highest BCUT2D eigenvalue weighted by atomic mass is 15.1. The van der Waals surface area contributed by atoms with Crippen molar-refractivity contribution in [1.82, 2.24) is 21.3 Å². The van der Waals surface area contributed by atoms with E-state index in [9.17, 15) is 0 Å². The van der Waals surface area contributed by atoms with E-state index in [1.54, 1.807) is 0 Å². The van der Waals surface area contributed by atoms with E-state index in [0.717, 1.165) is 39.5 Å². The molecule has 0 unspecified atom stereocenters. The van der Waals surface area contributed by atoms with E-state index in [1.165, 1.54) is 0 Å². The Morgan fingerprint density at radius 3 is 1.00 bits per heavy atom. The van der Waals surface area contributed by atoms with Gasteiger partial charge in [0.25, 0.3) is 0 Å². The number of nitrogens with one attached hydrogen (secondary N) is 4. The third-order valence-corrected chi connectivity index (χ3v) is 1.46. The van der Waals surface area contributed by atoms with E-state index >= 15 is 0 Å². The quantitative estimate of drug-likeness (QED) is 0.404. The highest BCUT2D eigenvalue weighted by Crippen LogP contribution is 1.62. The largest absolute Gasteiger partial charge is 0.303 e. The Balaban J connectivity index is 0. The van der Waals surface area contributed by atoms with Crippen molar-refractivity contribution >= 4 is 0 Å². The van der Waals surface area contributed by atoms with E-state index in [4.69, 9.17) is 0 Å². The molecule has 0 spiro atoms. The van der Waals surface area contributed by atoms with Crippen molar-refractivity contribution in [3.05, 3.63) is 0 Å². The van der Waals surface area contributed by atoms with Gasteiger partial charge in [-0.15, -0.1) is 0 Å². The van der Waals surface area contributed by atoms with E-state index in [2.05, 4.69) is 21.3 Å². The van der Waals surface area contributed by atoms with Crippen LogP contribution in [0.3, 0.4) is 0 Å². The molecule has 1 heterocycles. The fourth-order valence-corrected chi connectivity index (χ4v) is 0.884. The predicted octanol–water partition coefficient (Wildman–Crippen LogP) is -0.454. The van der Waals surface area contributed by atoms with Crippen LogP contribution in [0.2, 0.25) is 0 Å². The first-order valence-corrected chi connectivity index (χ1v) is 3.83. The third kappa shape index (κ3) is 7.94. The Morgan fingerprint density at radius 2 is 0.750 bits per heavy atom. The van der Waals surface area contributed by atoms with Crippen LogP contribution in [0.25, 0.3) is 0 Å². The summed E-state index contributed by atoms with van der Waals surface area (Å²) in [6.45, 7) is 5.99. The van der Waals surface area contributed by atoms with Gasteiger partial charge in [0.1, 0.15) is 0 Å². The summed E-state index contributed by atoms with van der Waals surface area (Å²) < 4.78 is 0. The van der Waals surface area contributed by atoms with Crippen LogP contribution in [-0.4, -0.2) is 39.5 Å². The zero-order chi connectivity index (χ0) is 7.07. The van der Waals surface area contributed by atoms with Gasteiger partial charge in [-0.25, -0.2) is 0 Å². The molecule has 76 valence electrons. The monoisotopic (exact) mass is 176 g/mol. The van der Waals surface area contributed by atoms with Crippen LogP contribution in [0, 0.1) is 0 Å². The molecule has 0 bridgehead atoms. The third-order valence-electron chi connectivity index (χ3n) is 1.46. The van der Waals surface area contributed by atoms with Gasteiger partial charge < -0.3 is 21.3 Å². The molecule has 1 rings (SSSR count). The van der Waals surface area contributed by atoms with Crippen LogP contribution in [0.15, 0.2) is 0 Å². The summed E-state index contributed by atoms with van der Waals surface area (Å²) in [6, 6.07) is 0. The summed E-state index contributed by atoms with van der Waals surface area (Å²) >= 11 is 0. The van der Waals surface area contributed by atoms with E-state index < -0.39 is 0 Å².